The SMILES string of the molecule is CC=CCCCCOc1ccc(CCC(N)(CO)CO)cc1. The van der Waals surface area contributed by atoms with Crippen LogP contribution in [-0.4, -0.2) is 35.6 Å². The van der Waals surface area contributed by atoms with Gasteiger partial charge in [-0.3, -0.25) is 0 Å². The van der Waals surface area contributed by atoms with Gasteiger partial charge in [0, 0.05) is 0 Å². The minimum Gasteiger partial charge on any atom is -0.494 e. The Balaban J connectivity index is 2.31. The first-order valence-corrected chi connectivity index (χ1v) is 7.97. The average molecular weight is 307 g/mol. The van der Waals surface area contributed by atoms with Gasteiger partial charge in [0.25, 0.3) is 0 Å². The van der Waals surface area contributed by atoms with E-state index < -0.39 is 5.54 Å². The van der Waals surface area contributed by atoms with Crippen molar-refractivity contribution in [1.82, 2.24) is 0 Å². The van der Waals surface area contributed by atoms with Crippen LogP contribution in [0.5, 0.6) is 5.75 Å². The quantitative estimate of drug-likeness (QED) is 0.433. The van der Waals surface area contributed by atoms with Gasteiger partial charge in [-0.2, -0.15) is 0 Å². The molecule has 4 N–H and O–H groups in total. The van der Waals surface area contributed by atoms with E-state index in [1.807, 2.05) is 31.2 Å². The molecule has 0 amide bonds. The molecule has 0 aliphatic heterocycles. The molecule has 0 aliphatic rings. The standard InChI is InChI=1S/C18H29NO3/c1-2-3-4-5-6-13-22-17-9-7-16(8-10-17)11-12-18(19,14-20)15-21/h2-3,7-10,20-21H,4-6,11-15,19H2,1H3. The topological polar surface area (TPSA) is 75.7 Å². The van der Waals surface area contributed by atoms with E-state index in [9.17, 15) is 10.2 Å². The third kappa shape index (κ3) is 7.07. The van der Waals surface area contributed by atoms with Gasteiger partial charge in [-0.05, 0) is 56.7 Å². The Kier molecular flexibility index (Phi) is 8.82. The molecule has 0 unspecified atom stereocenters. The summed E-state index contributed by atoms with van der Waals surface area (Å²) in [6.07, 6.45) is 8.81. The molecule has 0 aliphatic carbocycles. The molecule has 1 aromatic carbocycles. The number of hydrogen-bond donors (Lipinski definition) is 3. The summed E-state index contributed by atoms with van der Waals surface area (Å²) in [5.41, 5.74) is 6.08. The van der Waals surface area contributed by atoms with E-state index in [-0.39, 0.29) is 13.2 Å². The second-order valence-electron chi connectivity index (χ2n) is 5.74. The van der Waals surface area contributed by atoms with Crippen LogP contribution in [0.1, 0.15) is 38.2 Å². The molecule has 1 rings (SSSR count). The van der Waals surface area contributed by atoms with Crippen molar-refractivity contribution >= 4 is 0 Å². The zero-order chi connectivity index (χ0) is 16.3. The molecule has 0 aromatic heterocycles. The monoisotopic (exact) mass is 307 g/mol. The van der Waals surface area contributed by atoms with E-state index in [2.05, 4.69) is 12.2 Å². The molecular weight excluding hydrogens is 278 g/mol. The summed E-state index contributed by atoms with van der Waals surface area (Å²) in [6.45, 7) is 2.35. The molecule has 4 heteroatoms. The lowest BCUT2D eigenvalue weighted by atomic mass is 9.94. The van der Waals surface area contributed by atoms with Crippen LogP contribution >= 0.6 is 0 Å². The largest absolute Gasteiger partial charge is 0.494 e. The Hall–Kier alpha value is -1.36. The van der Waals surface area contributed by atoms with Crippen molar-refractivity contribution in [1.29, 1.82) is 0 Å². The van der Waals surface area contributed by atoms with Crippen LogP contribution < -0.4 is 10.5 Å². The summed E-state index contributed by atoms with van der Waals surface area (Å²) >= 11 is 0. The van der Waals surface area contributed by atoms with E-state index >= 15 is 0 Å². The summed E-state index contributed by atoms with van der Waals surface area (Å²) in [6, 6.07) is 7.92. The third-order valence-electron chi connectivity index (χ3n) is 3.73. The lowest BCUT2D eigenvalue weighted by Gasteiger charge is -2.24. The van der Waals surface area contributed by atoms with Crippen molar-refractivity contribution in [2.45, 2.75) is 44.6 Å². The smallest absolute Gasteiger partial charge is 0.119 e. The first kappa shape index (κ1) is 18.7. The van der Waals surface area contributed by atoms with E-state index in [0.29, 0.717) is 6.42 Å². The van der Waals surface area contributed by atoms with Crippen molar-refractivity contribution in [3.63, 3.8) is 0 Å². The third-order valence-corrected chi connectivity index (χ3v) is 3.73. The molecule has 0 radical (unpaired) electrons. The number of ether oxygens (including phenoxy) is 1. The van der Waals surface area contributed by atoms with E-state index in [0.717, 1.165) is 43.6 Å². The van der Waals surface area contributed by atoms with Crippen molar-refractivity contribution in [2.75, 3.05) is 19.8 Å². The van der Waals surface area contributed by atoms with Gasteiger partial charge in [0.15, 0.2) is 0 Å². The van der Waals surface area contributed by atoms with Gasteiger partial charge in [-0.1, -0.05) is 24.3 Å². The lowest BCUT2D eigenvalue weighted by Crippen LogP contribution is -2.47. The van der Waals surface area contributed by atoms with Gasteiger partial charge < -0.3 is 20.7 Å². The molecule has 0 fully saturated rings. The van der Waals surface area contributed by atoms with E-state index in [4.69, 9.17) is 10.5 Å². The lowest BCUT2D eigenvalue weighted by molar-refractivity contribution is 0.115. The number of benzene rings is 1. The van der Waals surface area contributed by atoms with Crippen LogP contribution in [0.25, 0.3) is 0 Å². The number of nitrogens with two attached hydrogens (primary N) is 1. The fourth-order valence-corrected chi connectivity index (χ4v) is 2.07. The fraction of sp³-hybridized carbons (Fsp3) is 0.556. The fourth-order valence-electron chi connectivity index (χ4n) is 2.07. The van der Waals surface area contributed by atoms with Gasteiger partial charge in [0.2, 0.25) is 0 Å². The second kappa shape index (κ2) is 10.4. The van der Waals surface area contributed by atoms with Crippen molar-refractivity contribution in [3.05, 3.63) is 42.0 Å². The summed E-state index contributed by atoms with van der Waals surface area (Å²) in [7, 11) is 0. The van der Waals surface area contributed by atoms with Gasteiger partial charge in [-0.25, -0.2) is 0 Å². The normalized spacial score (nSPS) is 12.0. The van der Waals surface area contributed by atoms with Gasteiger partial charge in [0.05, 0.1) is 25.4 Å². The Bertz CT molecular complexity index is 424. The summed E-state index contributed by atoms with van der Waals surface area (Å²) in [5.74, 6) is 0.873. The first-order chi connectivity index (χ1) is 10.6. The van der Waals surface area contributed by atoms with E-state index in [1.54, 1.807) is 0 Å². The predicted molar refractivity (Wildman–Crippen MR) is 90.0 cm³/mol. The maximum absolute atomic E-state index is 9.17. The van der Waals surface area contributed by atoms with Crippen LogP contribution in [-0.2, 0) is 6.42 Å². The first-order valence-electron chi connectivity index (χ1n) is 7.97. The zero-order valence-electron chi connectivity index (χ0n) is 13.5. The number of rotatable bonds is 11. The van der Waals surface area contributed by atoms with Gasteiger partial charge in [-0.15, -0.1) is 0 Å². The van der Waals surface area contributed by atoms with Crippen LogP contribution in [0.3, 0.4) is 0 Å². The Morgan fingerprint density at radius 1 is 1.14 bits per heavy atom. The van der Waals surface area contributed by atoms with Crippen LogP contribution in [0.15, 0.2) is 36.4 Å². The number of hydrogen-bond acceptors (Lipinski definition) is 4. The maximum Gasteiger partial charge on any atom is 0.119 e. The van der Waals surface area contributed by atoms with Crippen LogP contribution in [0.4, 0.5) is 0 Å². The number of aryl methyl sites for hydroxylation is 1. The Labute approximate surface area is 133 Å². The summed E-state index contributed by atoms with van der Waals surface area (Å²) in [4.78, 5) is 0. The number of aliphatic hydroxyl groups is 2. The Morgan fingerprint density at radius 3 is 2.41 bits per heavy atom. The molecule has 0 bridgehead atoms. The molecule has 4 nitrogen and oxygen atoms in total. The molecule has 0 saturated carbocycles. The maximum atomic E-state index is 9.17. The minimum atomic E-state index is -0.901. The van der Waals surface area contributed by atoms with E-state index in [1.165, 1.54) is 0 Å². The number of unbranched alkanes of at least 4 members (excludes halogenated alkanes) is 2. The molecule has 22 heavy (non-hydrogen) atoms. The van der Waals surface area contributed by atoms with Gasteiger partial charge in [0.1, 0.15) is 5.75 Å². The molecule has 0 spiro atoms. The minimum absolute atomic E-state index is 0.210. The molecule has 1 aromatic rings. The Morgan fingerprint density at radius 2 is 1.82 bits per heavy atom. The molecule has 0 atom stereocenters. The second-order valence-corrected chi connectivity index (χ2v) is 5.74. The molecule has 0 saturated heterocycles. The number of aliphatic hydroxyl groups excluding tert-OH is 2. The summed E-state index contributed by atoms with van der Waals surface area (Å²) < 4.78 is 5.70. The van der Waals surface area contributed by atoms with Crippen molar-refractivity contribution in [3.8, 4) is 5.75 Å². The van der Waals surface area contributed by atoms with Crippen LogP contribution in [0, 0.1) is 0 Å². The zero-order valence-corrected chi connectivity index (χ0v) is 13.5. The van der Waals surface area contributed by atoms with Crippen LogP contribution in [0.2, 0.25) is 0 Å². The predicted octanol–water partition coefficient (Wildman–Crippen LogP) is 2.43. The van der Waals surface area contributed by atoms with Crippen molar-refractivity contribution in [2.24, 2.45) is 5.73 Å². The highest BCUT2D eigenvalue weighted by Gasteiger charge is 2.22. The molecular formula is C18H29NO3. The molecule has 124 valence electrons. The van der Waals surface area contributed by atoms with Gasteiger partial charge >= 0.3 is 0 Å². The highest BCUT2D eigenvalue weighted by Crippen LogP contribution is 2.16. The molecule has 0 heterocycles. The average Bonchev–Trinajstić information content (AvgIpc) is 2.57. The van der Waals surface area contributed by atoms with Crippen molar-refractivity contribution < 1.29 is 14.9 Å². The summed E-state index contributed by atoms with van der Waals surface area (Å²) in [5, 5.41) is 18.3. The highest BCUT2D eigenvalue weighted by molar-refractivity contribution is 5.27. The number of allylic oxidation sites excluding steroid dienone is 2. The highest BCUT2D eigenvalue weighted by atomic mass is 16.5.